The molecular formula is C20H31N. The molecule has 1 aromatic carbocycles. The van der Waals surface area contributed by atoms with Crippen LogP contribution in [0, 0.1) is 17.8 Å². The number of benzene rings is 1. The van der Waals surface area contributed by atoms with E-state index in [9.17, 15) is 0 Å². The predicted octanol–water partition coefficient (Wildman–Crippen LogP) is 4.77. The number of hydrogen-bond donors (Lipinski definition) is 1. The summed E-state index contributed by atoms with van der Waals surface area (Å²) in [5.74, 6) is 3.37. The first-order valence-corrected chi connectivity index (χ1v) is 8.94. The van der Waals surface area contributed by atoms with Crippen LogP contribution < -0.4 is 5.32 Å². The van der Waals surface area contributed by atoms with E-state index in [0.717, 1.165) is 23.7 Å². The van der Waals surface area contributed by atoms with E-state index < -0.39 is 0 Å². The van der Waals surface area contributed by atoms with Gasteiger partial charge in [0.2, 0.25) is 0 Å². The molecule has 0 radical (unpaired) electrons. The van der Waals surface area contributed by atoms with Crippen LogP contribution in [0.2, 0.25) is 0 Å². The predicted molar refractivity (Wildman–Crippen MR) is 90.6 cm³/mol. The van der Waals surface area contributed by atoms with Gasteiger partial charge in [0, 0.05) is 6.04 Å². The number of fused-ring (bicyclic) bond motifs is 1. The van der Waals surface area contributed by atoms with Crippen molar-refractivity contribution < 1.29 is 0 Å². The average molecular weight is 285 g/mol. The quantitative estimate of drug-likeness (QED) is 0.843. The third kappa shape index (κ3) is 3.18. The van der Waals surface area contributed by atoms with E-state index in [1.165, 1.54) is 38.5 Å². The fraction of sp³-hybridized carbons (Fsp3) is 0.700. The number of rotatable bonds is 3. The molecule has 0 amide bonds. The zero-order valence-corrected chi connectivity index (χ0v) is 13.9. The number of hydrogen-bond acceptors (Lipinski definition) is 1. The normalized spacial score (nSPS) is 34.2. The number of aryl methyl sites for hydroxylation is 1. The van der Waals surface area contributed by atoms with Crippen LogP contribution in [0.4, 0.5) is 0 Å². The van der Waals surface area contributed by atoms with Crippen LogP contribution in [0.1, 0.15) is 63.0 Å². The lowest BCUT2D eigenvalue weighted by molar-refractivity contribution is 0.161. The summed E-state index contributed by atoms with van der Waals surface area (Å²) in [4.78, 5) is 0. The highest BCUT2D eigenvalue weighted by atomic mass is 14.9. The summed E-state index contributed by atoms with van der Waals surface area (Å²) in [6.07, 6.45) is 8.25. The second-order valence-corrected chi connectivity index (χ2v) is 7.69. The van der Waals surface area contributed by atoms with Crippen molar-refractivity contribution in [3.8, 4) is 0 Å². The third-order valence-electron chi connectivity index (χ3n) is 5.91. The Bertz CT molecular complexity index is 457. The molecule has 21 heavy (non-hydrogen) atoms. The summed E-state index contributed by atoms with van der Waals surface area (Å²) in [5.41, 5.74) is 3.24. The van der Waals surface area contributed by atoms with Crippen molar-refractivity contribution in [2.75, 3.05) is 7.05 Å². The summed E-state index contributed by atoms with van der Waals surface area (Å²) < 4.78 is 0. The molecule has 1 N–H and O–H groups in total. The van der Waals surface area contributed by atoms with E-state index in [-0.39, 0.29) is 0 Å². The molecule has 1 saturated carbocycles. The van der Waals surface area contributed by atoms with Gasteiger partial charge in [-0.2, -0.15) is 0 Å². The van der Waals surface area contributed by atoms with Crippen LogP contribution in [-0.4, -0.2) is 13.1 Å². The molecule has 0 bridgehead atoms. The third-order valence-corrected chi connectivity index (χ3v) is 5.91. The minimum atomic E-state index is 0.664. The van der Waals surface area contributed by atoms with Gasteiger partial charge in [-0.25, -0.2) is 0 Å². The monoisotopic (exact) mass is 285 g/mol. The summed E-state index contributed by atoms with van der Waals surface area (Å²) >= 11 is 0. The molecule has 3 rings (SSSR count). The first-order valence-electron chi connectivity index (χ1n) is 8.94. The summed E-state index contributed by atoms with van der Waals surface area (Å²) in [6, 6.07) is 9.84. The Hall–Kier alpha value is -0.820. The van der Waals surface area contributed by atoms with Crippen molar-refractivity contribution in [3.63, 3.8) is 0 Å². The van der Waals surface area contributed by atoms with E-state index >= 15 is 0 Å². The maximum Gasteiger partial charge on any atom is 0.0161 e. The van der Waals surface area contributed by atoms with E-state index in [2.05, 4.69) is 50.5 Å². The minimum absolute atomic E-state index is 0.664. The van der Waals surface area contributed by atoms with Crippen LogP contribution in [0.3, 0.4) is 0 Å². The van der Waals surface area contributed by atoms with Gasteiger partial charge in [-0.05, 0) is 80.4 Å². The topological polar surface area (TPSA) is 12.0 Å². The molecular weight excluding hydrogens is 254 g/mol. The Morgan fingerprint density at radius 1 is 1.05 bits per heavy atom. The van der Waals surface area contributed by atoms with Gasteiger partial charge in [-0.3, -0.25) is 0 Å². The van der Waals surface area contributed by atoms with Crippen molar-refractivity contribution >= 4 is 0 Å². The Morgan fingerprint density at radius 2 is 1.76 bits per heavy atom. The molecule has 4 unspecified atom stereocenters. The zero-order valence-electron chi connectivity index (χ0n) is 13.9. The standard InChI is InChI=1S/C20H31N/c1-14-11-15(2)13-17(12-14)20(21-3)19-10-6-8-16-7-4-5-9-18(16)19/h4-5,7,9,14-15,17,19-21H,6,8,10-13H2,1-3H3. The first kappa shape index (κ1) is 15.1. The average Bonchev–Trinajstić information content (AvgIpc) is 2.47. The highest BCUT2D eigenvalue weighted by molar-refractivity contribution is 5.34. The molecule has 0 aromatic heterocycles. The number of nitrogens with one attached hydrogen (secondary N) is 1. The molecule has 116 valence electrons. The van der Waals surface area contributed by atoms with Gasteiger partial charge >= 0.3 is 0 Å². The maximum atomic E-state index is 3.72. The SMILES string of the molecule is CNC(C1CC(C)CC(C)C1)C1CCCc2ccccc21. The molecule has 2 aliphatic rings. The number of likely N-dealkylation sites (N-methyl/N-ethyl adjacent to an activating group) is 1. The molecule has 0 saturated heterocycles. The van der Waals surface area contributed by atoms with Gasteiger partial charge in [0.15, 0.2) is 0 Å². The molecule has 1 heteroatoms. The van der Waals surface area contributed by atoms with Gasteiger partial charge in [-0.15, -0.1) is 0 Å². The lowest BCUT2D eigenvalue weighted by atomic mass is 9.67. The van der Waals surface area contributed by atoms with Crippen molar-refractivity contribution in [1.29, 1.82) is 0 Å². The van der Waals surface area contributed by atoms with Crippen molar-refractivity contribution in [1.82, 2.24) is 5.32 Å². The van der Waals surface area contributed by atoms with Crippen molar-refractivity contribution in [2.24, 2.45) is 17.8 Å². The molecule has 1 nitrogen and oxygen atoms in total. The van der Waals surface area contributed by atoms with Gasteiger partial charge < -0.3 is 5.32 Å². The smallest absolute Gasteiger partial charge is 0.0161 e. The summed E-state index contributed by atoms with van der Waals surface area (Å²) in [6.45, 7) is 4.90. The first-order chi connectivity index (χ1) is 10.2. The largest absolute Gasteiger partial charge is 0.316 e. The second-order valence-electron chi connectivity index (χ2n) is 7.69. The Labute approximate surface area is 130 Å². The molecule has 1 fully saturated rings. The van der Waals surface area contributed by atoms with Crippen LogP contribution in [-0.2, 0) is 6.42 Å². The van der Waals surface area contributed by atoms with E-state index in [1.807, 2.05) is 0 Å². The highest BCUT2D eigenvalue weighted by Gasteiger charge is 2.35. The van der Waals surface area contributed by atoms with Gasteiger partial charge in [0.05, 0.1) is 0 Å². The lowest BCUT2D eigenvalue weighted by Gasteiger charge is -2.42. The molecule has 2 aliphatic carbocycles. The zero-order chi connectivity index (χ0) is 14.8. The maximum absolute atomic E-state index is 3.72. The lowest BCUT2D eigenvalue weighted by Crippen LogP contribution is -2.43. The second kappa shape index (κ2) is 6.52. The van der Waals surface area contributed by atoms with E-state index in [1.54, 1.807) is 11.1 Å². The van der Waals surface area contributed by atoms with Crippen LogP contribution in [0.15, 0.2) is 24.3 Å². The Morgan fingerprint density at radius 3 is 2.48 bits per heavy atom. The molecule has 4 atom stereocenters. The molecule has 0 spiro atoms. The van der Waals surface area contributed by atoms with E-state index in [4.69, 9.17) is 0 Å². The minimum Gasteiger partial charge on any atom is -0.316 e. The molecule has 0 aliphatic heterocycles. The van der Waals surface area contributed by atoms with Gasteiger partial charge in [0.1, 0.15) is 0 Å². The molecule has 1 aromatic rings. The fourth-order valence-electron chi connectivity index (χ4n) is 5.23. The van der Waals surface area contributed by atoms with Crippen LogP contribution in [0.5, 0.6) is 0 Å². The Balaban J connectivity index is 1.84. The van der Waals surface area contributed by atoms with Crippen molar-refractivity contribution in [2.45, 2.75) is 64.3 Å². The fourth-order valence-corrected chi connectivity index (χ4v) is 5.23. The van der Waals surface area contributed by atoms with Crippen LogP contribution >= 0.6 is 0 Å². The van der Waals surface area contributed by atoms with Gasteiger partial charge in [0.25, 0.3) is 0 Å². The van der Waals surface area contributed by atoms with Crippen molar-refractivity contribution in [3.05, 3.63) is 35.4 Å². The molecule has 0 heterocycles. The van der Waals surface area contributed by atoms with Gasteiger partial charge in [-0.1, -0.05) is 38.1 Å². The summed E-state index contributed by atoms with van der Waals surface area (Å²) in [5, 5.41) is 3.72. The summed E-state index contributed by atoms with van der Waals surface area (Å²) in [7, 11) is 2.19. The van der Waals surface area contributed by atoms with Crippen LogP contribution in [0.25, 0.3) is 0 Å². The Kier molecular flexibility index (Phi) is 4.69. The van der Waals surface area contributed by atoms with E-state index in [0.29, 0.717) is 6.04 Å². The highest BCUT2D eigenvalue weighted by Crippen LogP contribution is 2.42.